The first-order valence-corrected chi connectivity index (χ1v) is 14.0. The summed E-state index contributed by atoms with van der Waals surface area (Å²) in [4.78, 5) is 58.6. The van der Waals surface area contributed by atoms with E-state index in [1.54, 1.807) is 30.3 Å². The number of hydrogen-bond donors (Lipinski definition) is 1. The first kappa shape index (κ1) is 24.0. The summed E-state index contributed by atoms with van der Waals surface area (Å²) in [7, 11) is 0. The summed E-state index contributed by atoms with van der Waals surface area (Å²) in [5.74, 6) is -1.25. The summed E-state index contributed by atoms with van der Waals surface area (Å²) in [6.07, 6.45) is 3.17. The number of rotatable bonds is 5. The van der Waals surface area contributed by atoms with Crippen LogP contribution < -0.4 is 14.5 Å². The van der Waals surface area contributed by atoms with E-state index in [-0.39, 0.29) is 29.2 Å². The quantitative estimate of drug-likeness (QED) is 0.501. The van der Waals surface area contributed by atoms with Crippen LogP contribution in [-0.2, 0) is 14.4 Å². The molecule has 4 heterocycles. The van der Waals surface area contributed by atoms with E-state index in [1.807, 2.05) is 29.2 Å². The number of fused-ring (bicyclic) bond motifs is 2. The minimum absolute atomic E-state index is 0.0413. The van der Waals surface area contributed by atoms with Gasteiger partial charge < -0.3 is 14.6 Å². The highest BCUT2D eigenvalue weighted by molar-refractivity contribution is 8.00. The molecule has 8 nitrogen and oxygen atoms in total. The average molecular weight is 536 g/mol. The van der Waals surface area contributed by atoms with Crippen molar-refractivity contribution in [1.29, 1.82) is 0 Å². The van der Waals surface area contributed by atoms with Gasteiger partial charge in [-0.15, -0.1) is 0 Å². The van der Waals surface area contributed by atoms with Crippen molar-refractivity contribution in [3.8, 4) is 5.75 Å². The third-order valence-electron chi connectivity index (χ3n) is 7.13. The number of likely N-dealkylation sites (tertiary alicyclic amines) is 1. The van der Waals surface area contributed by atoms with Crippen LogP contribution in [0, 0.1) is 5.92 Å². The Balaban J connectivity index is 1.32. The molecule has 0 bridgehead atoms. The second-order valence-electron chi connectivity index (χ2n) is 9.40. The maximum atomic E-state index is 13.8. The molecular formula is C27H25N3O5S2. The molecule has 1 aromatic heterocycles. The molecule has 1 N–H and O–H groups in total. The van der Waals surface area contributed by atoms with Gasteiger partial charge in [-0.1, -0.05) is 53.4 Å². The predicted molar refractivity (Wildman–Crippen MR) is 141 cm³/mol. The monoisotopic (exact) mass is 535 g/mol. The Hall–Kier alpha value is -3.37. The maximum absolute atomic E-state index is 13.8. The zero-order chi connectivity index (χ0) is 25.5. The van der Waals surface area contributed by atoms with Crippen LogP contribution in [-0.4, -0.2) is 52.6 Å². The number of anilines is 1. The van der Waals surface area contributed by atoms with Crippen LogP contribution in [0.15, 0.2) is 64.4 Å². The second kappa shape index (κ2) is 9.83. The topological polar surface area (TPSA) is 99.8 Å². The summed E-state index contributed by atoms with van der Waals surface area (Å²) < 4.78 is 5.87. The number of amides is 3. The molecule has 3 aromatic rings. The molecule has 3 amide bonds. The number of aromatic amines is 1. The Labute approximate surface area is 221 Å². The highest BCUT2D eigenvalue weighted by Crippen LogP contribution is 2.53. The molecule has 3 aliphatic rings. The molecule has 190 valence electrons. The number of piperidine rings is 1. The van der Waals surface area contributed by atoms with Crippen LogP contribution >= 0.6 is 23.1 Å². The molecule has 0 saturated carbocycles. The van der Waals surface area contributed by atoms with Crippen LogP contribution in [0.4, 0.5) is 5.69 Å². The SMILES string of the molecule is O=C(COc1cccc(C2c3sc(=O)[nH]c3SC3C(=O)N(c4ccccc4)C(=O)C32)c1)N1CCCCC1. The number of aromatic nitrogens is 1. The number of carbonyl (C=O) groups excluding carboxylic acids is 3. The Bertz CT molecular complexity index is 1410. The van der Waals surface area contributed by atoms with Gasteiger partial charge >= 0.3 is 4.87 Å². The van der Waals surface area contributed by atoms with Gasteiger partial charge in [0, 0.05) is 23.9 Å². The number of nitrogens with one attached hydrogen (secondary N) is 1. The van der Waals surface area contributed by atoms with Gasteiger partial charge in [0.2, 0.25) is 11.8 Å². The summed E-state index contributed by atoms with van der Waals surface area (Å²) in [5.41, 5.74) is 1.31. The summed E-state index contributed by atoms with van der Waals surface area (Å²) >= 11 is 2.32. The number of benzene rings is 2. The Morgan fingerprint density at radius 1 is 0.973 bits per heavy atom. The lowest BCUT2D eigenvalue weighted by molar-refractivity contribution is -0.134. The zero-order valence-electron chi connectivity index (χ0n) is 19.9. The van der Waals surface area contributed by atoms with Crippen LogP contribution in [0.25, 0.3) is 0 Å². The normalized spacial score (nSPS) is 23.1. The van der Waals surface area contributed by atoms with Crippen LogP contribution in [0.2, 0.25) is 0 Å². The lowest BCUT2D eigenvalue weighted by atomic mass is 9.83. The largest absolute Gasteiger partial charge is 0.484 e. The third-order valence-corrected chi connectivity index (χ3v) is 9.53. The molecule has 37 heavy (non-hydrogen) atoms. The van der Waals surface area contributed by atoms with Gasteiger partial charge in [-0.05, 0) is 49.1 Å². The fourth-order valence-corrected chi connectivity index (χ4v) is 7.90. The van der Waals surface area contributed by atoms with Gasteiger partial charge in [0.25, 0.3) is 5.91 Å². The molecule has 0 spiro atoms. The van der Waals surface area contributed by atoms with Crippen molar-refractivity contribution in [1.82, 2.24) is 9.88 Å². The van der Waals surface area contributed by atoms with Gasteiger partial charge in [-0.3, -0.25) is 19.2 Å². The molecule has 0 aliphatic carbocycles. The van der Waals surface area contributed by atoms with Gasteiger partial charge in [-0.2, -0.15) is 0 Å². The van der Waals surface area contributed by atoms with Gasteiger partial charge in [-0.25, -0.2) is 4.90 Å². The van der Waals surface area contributed by atoms with E-state index in [0.717, 1.165) is 54.1 Å². The Morgan fingerprint density at radius 3 is 2.54 bits per heavy atom. The number of thiazole rings is 1. The van der Waals surface area contributed by atoms with Crippen molar-refractivity contribution in [3.63, 3.8) is 0 Å². The zero-order valence-corrected chi connectivity index (χ0v) is 21.6. The smallest absolute Gasteiger partial charge is 0.305 e. The highest BCUT2D eigenvalue weighted by atomic mass is 32.2. The highest BCUT2D eigenvalue weighted by Gasteiger charge is 2.56. The van der Waals surface area contributed by atoms with Gasteiger partial charge in [0.15, 0.2) is 6.61 Å². The molecule has 2 aromatic carbocycles. The summed E-state index contributed by atoms with van der Waals surface area (Å²) in [5, 5.41) is -0.0235. The van der Waals surface area contributed by atoms with E-state index in [0.29, 0.717) is 16.5 Å². The van der Waals surface area contributed by atoms with E-state index >= 15 is 0 Å². The molecule has 2 fully saturated rings. The minimum atomic E-state index is -0.665. The average Bonchev–Trinajstić information content (AvgIpc) is 3.42. The van der Waals surface area contributed by atoms with E-state index in [4.69, 9.17) is 4.74 Å². The van der Waals surface area contributed by atoms with E-state index < -0.39 is 17.1 Å². The lowest BCUT2D eigenvalue weighted by Gasteiger charge is -2.30. The summed E-state index contributed by atoms with van der Waals surface area (Å²) in [6.45, 7) is 1.46. The summed E-state index contributed by atoms with van der Waals surface area (Å²) in [6, 6.07) is 16.2. The second-order valence-corrected chi connectivity index (χ2v) is 11.6. The number of nitrogens with zero attached hydrogens (tertiary/aromatic N) is 2. The molecule has 3 aliphatic heterocycles. The molecule has 10 heteroatoms. The minimum Gasteiger partial charge on any atom is -0.484 e. The van der Waals surface area contributed by atoms with Crippen molar-refractivity contribution in [2.24, 2.45) is 5.92 Å². The molecule has 0 radical (unpaired) electrons. The van der Waals surface area contributed by atoms with Gasteiger partial charge in [0.1, 0.15) is 11.0 Å². The third kappa shape index (κ3) is 4.38. The van der Waals surface area contributed by atoms with E-state index in [9.17, 15) is 19.2 Å². The molecular weight excluding hydrogens is 510 g/mol. The van der Waals surface area contributed by atoms with Crippen molar-refractivity contribution >= 4 is 46.5 Å². The number of imide groups is 1. The number of thioether (sulfide) groups is 1. The first-order chi connectivity index (χ1) is 18.0. The predicted octanol–water partition coefficient (Wildman–Crippen LogP) is 3.62. The Kier molecular flexibility index (Phi) is 6.37. The van der Waals surface area contributed by atoms with Crippen molar-refractivity contribution < 1.29 is 19.1 Å². The first-order valence-electron chi connectivity index (χ1n) is 12.3. The van der Waals surface area contributed by atoms with Crippen LogP contribution in [0.3, 0.4) is 0 Å². The van der Waals surface area contributed by atoms with E-state index in [1.165, 1.54) is 16.7 Å². The fraction of sp³-hybridized carbons (Fsp3) is 0.333. The van der Waals surface area contributed by atoms with Crippen LogP contribution in [0.5, 0.6) is 5.75 Å². The van der Waals surface area contributed by atoms with Crippen LogP contribution in [0.1, 0.15) is 35.6 Å². The lowest BCUT2D eigenvalue weighted by Crippen LogP contribution is -2.38. The molecule has 3 atom stereocenters. The maximum Gasteiger partial charge on any atom is 0.305 e. The standard InChI is InChI=1S/C27H25N3O5S2/c31-19(29-12-5-2-6-13-29)15-35-18-11-7-8-16(14-18)20-21-23(36-24-22(20)37-27(34)28-24)26(33)30(25(21)32)17-9-3-1-4-10-17/h1,3-4,7-11,14,20-21,23H,2,5-6,12-13,15H2,(H,28,34). The molecule has 3 unspecified atom stereocenters. The van der Waals surface area contributed by atoms with E-state index in [2.05, 4.69) is 4.98 Å². The number of para-hydroxylation sites is 1. The van der Waals surface area contributed by atoms with Gasteiger partial charge in [0.05, 0.1) is 16.6 Å². The van der Waals surface area contributed by atoms with Crippen molar-refractivity contribution in [2.45, 2.75) is 35.5 Å². The molecule has 6 rings (SSSR count). The number of hydrogen-bond acceptors (Lipinski definition) is 7. The number of ether oxygens (including phenoxy) is 1. The van der Waals surface area contributed by atoms with Crippen molar-refractivity contribution in [2.75, 3.05) is 24.6 Å². The fourth-order valence-electron chi connectivity index (χ4n) is 5.39. The Morgan fingerprint density at radius 2 is 1.76 bits per heavy atom. The number of carbonyl (C=O) groups is 3. The number of H-pyrrole nitrogens is 1. The van der Waals surface area contributed by atoms with Crippen molar-refractivity contribution in [3.05, 3.63) is 74.7 Å². The molecule has 2 saturated heterocycles.